The molecule has 0 bridgehead atoms. The first-order valence-electron chi connectivity index (χ1n) is 4.83. The first-order valence-corrected chi connectivity index (χ1v) is 4.83. The normalized spacial score (nSPS) is 17.9. The second-order valence-corrected chi connectivity index (χ2v) is 3.42. The number of nitrogens with one attached hydrogen (secondary N) is 1. The van der Waals surface area contributed by atoms with Crippen LogP contribution in [0.5, 0.6) is 0 Å². The molecular formula is C9H13N3O3. The number of H-pyrrole nitrogens is 1. The van der Waals surface area contributed by atoms with Gasteiger partial charge in [0.05, 0.1) is 25.2 Å². The monoisotopic (exact) mass is 211 g/mol. The van der Waals surface area contributed by atoms with E-state index >= 15 is 0 Å². The van der Waals surface area contributed by atoms with Crippen molar-refractivity contribution >= 4 is 5.97 Å². The summed E-state index contributed by atoms with van der Waals surface area (Å²) < 4.78 is 5.21. The number of imidazole rings is 1. The van der Waals surface area contributed by atoms with Gasteiger partial charge in [0.25, 0.3) is 0 Å². The average molecular weight is 211 g/mol. The van der Waals surface area contributed by atoms with Gasteiger partial charge in [0.15, 0.2) is 5.69 Å². The van der Waals surface area contributed by atoms with Crippen molar-refractivity contribution in [3.05, 3.63) is 17.7 Å². The number of ether oxygens (including phenoxy) is 1. The molecule has 0 aromatic carbocycles. The van der Waals surface area contributed by atoms with E-state index in [1.807, 2.05) is 0 Å². The number of nitrogens with zero attached hydrogens (tertiary/aromatic N) is 2. The van der Waals surface area contributed by atoms with Gasteiger partial charge < -0.3 is 14.8 Å². The predicted octanol–water partition coefficient (Wildman–Crippen LogP) is -0.0599. The molecular weight excluding hydrogens is 198 g/mol. The first kappa shape index (κ1) is 10.1. The Balaban J connectivity index is 2.03. The summed E-state index contributed by atoms with van der Waals surface area (Å²) >= 11 is 0. The van der Waals surface area contributed by atoms with Gasteiger partial charge in [0.2, 0.25) is 0 Å². The van der Waals surface area contributed by atoms with Gasteiger partial charge in [-0.25, -0.2) is 9.78 Å². The summed E-state index contributed by atoms with van der Waals surface area (Å²) in [6, 6.07) is 0. The highest BCUT2D eigenvalue weighted by Crippen LogP contribution is 2.08. The topological polar surface area (TPSA) is 78.4 Å². The van der Waals surface area contributed by atoms with Crippen LogP contribution in [0.2, 0.25) is 0 Å². The lowest BCUT2D eigenvalue weighted by molar-refractivity contribution is 0.0334. The molecule has 1 aromatic rings. The van der Waals surface area contributed by atoms with Crippen LogP contribution >= 0.6 is 0 Å². The van der Waals surface area contributed by atoms with Crippen molar-refractivity contribution in [1.29, 1.82) is 0 Å². The van der Waals surface area contributed by atoms with Crippen LogP contribution < -0.4 is 0 Å². The molecule has 1 saturated heterocycles. The fourth-order valence-corrected chi connectivity index (χ4v) is 1.61. The van der Waals surface area contributed by atoms with Gasteiger partial charge in [-0.3, -0.25) is 4.90 Å². The fraction of sp³-hybridized carbons (Fsp3) is 0.556. The Labute approximate surface area is 86.9 Å². The minimum absolute atomic E-state index is 0.112. The highest BCUT2D eigenvalue weighted by molar-refractivity contribution is 5.86. The molecule has 0 unspecified atom stereocenters. The Morgan fingerprint density at radius 3 is 3.00 bits per heavy atom. The van der Waals surface area contributed by atoms with Crippen molar-refractivity contribution in [1.82, 2.24) is 14.9 Å². The Bertz CT molecular complexity index is 344. The fourth-order valence-electron chi connectivity index (χ4n) is 1.61. The molecule has 2 heterocycles. The smallest absolute Gasteiger partial charge is 0.356 e. The van der Waals surface area contributed by atoms with Crippen molar-refractivity contribution in [3.63, 3.8) is 0 Å². The third kappa shape index (κ3) is 2.34. The zero-order valence-electron chi connectivity index (χ0n) is 8.27. The van der Waals surface area contributed by atoms with E-state index in [9.17, 15) is 4.79 Å². The molecule has 0 atom stereocenters. The molecule has 0 radical (unpaired) electrons. The van der Waals surface area contributed by atoms with Gasteiger partial charge in [-0.05, 0) is 0 Å². The van der Waals surface area contributed by atoms with E-state index in [2.05, 4.69) is 14.9 Å². The molecule has 0 spiro atoms. The van der Waals surface area contributed by atoms with Crippen molar-refractivity contribution < 1.29 is 14.6 Å². The Morgan fingerprint density at radius 2 is 2.33 bits per heavy atom. The van der Waals surface area contributed by atoms with Crippen molar-refractivity contribution in [2.45, 2.75) is 6.54 Å². The van der Waals surface area contributed by atoms with Crippen LogP contribution in [0.25, 0.3) is 0 Å². The number of rotatable bonds is 3. The van der Waals surface area contributed by atoms with Gasteiger partial charge in [-0.15, -0.1) is 0 Å². The summed E-state index contributed by atoms with van der Waals surface area (Å²) in [7, 11) is 0. The summed E-state index contributed by atoms with van der Waals surface area (Å²) in [5.74, 6) is -0.987. The average Bonchev–Trinajstić information content (AvgIpc) is 2.67. The largest absolute Gasteiger partial charge is 0.476 e. The molecule has 0 aliphatic carbocycles. The third-order valence-electron chi connectivity index (χ3n) is 2.41. The maximum absolute atomic E-state index is 10.8. The number of carboxylic acids is 1. The molecule has 6 nitrogen and oxygen atoms in total. The van der Waals surface area contributed by atoms with Crippen LogP contribution in [-0.4, -0.2) is 52.2 Å². The molecule has 0 amide bonds. The van der Waals surface area contributed by atoms with Crippen LogP contribution in [0.1, 0.15) is 16.2 Å². The van der Waals surface area contributed by atoms with Gasteiger partial charge in [0.1, 0.15) is 0 Å². The zero-order valence-corrected chi connectivity index (χ0v) is 8.27. The third-order valence-corrected chi connectivity index (χ3v) is 2.41. The lowest BCUT2D eigenvalue weighted by Gasteiger charge is -2.25. The molecule has 15 heavy (non-hydrogen) atoms. The van der Waals surface area contributed by atoms with Crippen LogP contribution in [-0.2, 0) is 11.3 Å². The second-order valence-electron chi connectivity index (χ2n) is 3.42. The maximum Gasteiger partial charge on any atom is 0.356 e. The number of carboxylic acid groups (broad SMARTS) is 1. The number of hydrogen-bond acceptors (Lipinski definition) is 4. The molecule has 1 aliphatic heterocycles. The summed E-state index contributed by atoms with van der Waals surface area (Å²) in [6.07, 6.45) is 1.42. The summed E-state index contributed by atoms with van der Waals surface area (Å²) in [5.41, 5.74) is 0.769. The number of hydrogen-bond donors (Lipinski definition) is 2. The van der Waals surface area contributed by atoms with Crippen LogP contribution in [0.15, 0.2) is 6.33 Å². The Morgan fingerprint density at radius 1 is 1.60 bits per heavy atom. The molecule has 82 valence electrons. The molecule has 0 saturated carbocycles. The van der Waals surface area contributed by atoms with Gasteiger partial charge in [-0.2, -0.15) is 0 Å². The number of aromatic amines is 1. The number of aromatic carboxylic acids is 1. The zero-order chi connectivity index (χ0) is 10.7. The lowest BCUT2D eigenvalue weighted by atomic mass is 10.3. The minimum Gasteiger partial charge on any atom is -0.476 e. The summed E-state index contributed by atoms with van der Waals surface area (Å²) in [4.78, 5) is 19.6. The standard InChI is InChI=1S/C9H13N3O3/c13-9(14)8-7(10-6-11-8)5-12-1-3-15-4-2-12/h6H,1-5H2,(H,10,11)(H,13,14). The SMILES string of the molecule is O=C(O)c1nc[nH]c1CN1CCOCC1. The van der Waals surface area contributed by atoms with Crippen LogP contribution in [0, 0.1) is 0 Å². The van der Waals surface area contributed by atoms with Crippen LogP contribution in [0.4, 0.5) is 0 Å². The van der Waals surface area contributed by atoms with E-state index in [0.717, 1.165) is 13.1 Å². The number of morpholine rings is 1. The van der Waals surface area contributed by atoms with Gasteiger partial charge in [0, 0.05) is 19.6 Å². The van der Waals surface area contributed by atoms with Crippen molar-refractivity contribution in [2.75, 3.05) is 26.3 Å². The van der Waals surface area contributed by atoms with Crippen molar-refractivity contribution in [2.24, 2.45) is 0 Å². The van der Waals surface area contributed by atoms with Crippen LogP contribution in [0.3, 0.4) is 0 Å². The second kappa shape index (κ2) is 4.41. The summed E-state index contributed by atoms with van der Waals surface area (Å²) in [6.45, 7) is 3.66. The van der Waals surface area contributed by atoms with E-state index in [-0.39, 0.29) is 5.69 Å². The van der Waals surface area contributed by atoms with E-state index in [0.29, 0.717) is 25.5 Å². The highest BCUT2D eigenvalue weighted by atomic mass is 16.5. The Hall–Kier alpha value is -1.40. The predicted molar refractivity (Wildman–Crippen MR) is 51.6 cm³/mol. The molecule has 2 rings (SSSR count). The van der Waals surface area contributed by atoms with Gasteiger partial charge in [-0.1, -0.05) is 0 Å². The molecule has 1 aliphatic rings. The van der Waals surface area contributed by atoms with E-state index in [1.165, 1.54) is 6.33 Å². The van der Waals surface area contributed by atoms with E-state index < -0.39 is 5.97 Å². The van der Waals surface area contributed by atoms with Crippen molar-refractivity contribution in [3.8, 4) is 0 Å². The molecule has 6 heteroatoms. The van der Waals surface area contributed by atoms with E-state index in [1.54, 1.807) is 0 Å². The maximum atomic E-state index is 10.8. The number of carbonyl (C=O) groups is 1. The quantitative estimate of drug-likeness (QED) is 0.732. The minimum atomic E-state index is -0.987. The lowest BCUT2D eigenvalue weighted by Crippen LogP contribution is -2.36. The van der Waals surface area contributed by atoms with Gasteiger partial charge >= 0.3 is 5.97 Å². The molecule has 1 aromatic heterocycles. The summed E-state index contributed by atoms with van der Waals surface area (Å²) in [5, 5.41) is 8.86. The van der Waals surface area contributed by atoms with E-state index in [4.69, 9.17) is 9.84 Å². The molecule has 2 N–H and O–H groups in total. The molecule has 1 fully saturated rings. The number of aromatic nitrogens is 2. The Kier molecular flexibility index (Phi) is 2.98. The first-order chi connectivity index (χ1) is 7.27. The highest BCUT2D eigenvalue weighted by Gasteiger charge is 2.17.